The van der Waals surface area contributed by atoms with Crippen LogP contribution in [0.15, 0.2) is 53.1 Å². The molecule has 1 aliphatic rings. The van der Waals surface area contributed by atoms with E-state index in [4.69, 9.17) is 0 Å². The standard InChI is InChI=1S/C17H16BrN3/c18-16-4-2-1-3-15(16)12-7-14(8-12)20-13-6-5-11-10-19-21-17(11)9-13/h1-6,9-10,12,14,20H,7-8H2,(H,19,21). The van der Waals surface area contributed by atoms with Crippen LogP contribution in [0.25, 0.3) is 10.9 Å². The monoisotopic (exact) mass is 341 g/mol. The maximum atomic E-state index is 4.06. The normalized spacial score (nSPS) is 21.2. The molecule has 1 aliphatic carbocycles. The Bertz CT molecular complexity index is 774. The van der Waals surface area contributed by atoms with Crippen LogP contribution in [0.5, 0.6) is 0 Å². The Hall–Kier alpha value is -1.81. The molecule has 3 aromatic rings. The first kappa shape index (κ1) is 12.9. The van der Waals surface area contributed by atoms with Gasteiger partial charge in [0.15, 0.2) is 0 Å². The van der Waals surface area contributed by atoms with Crippen LogP contribution >= 0.6 is 15.9 Å². The third kappa shape index (κ3) is 2.44. The second kappa shape index (κ2) is 5.19. The van der Waals surface area contributed by atoms with Crippen molar-refractivity contribution >= 4 is 32.5 Å². The average molecular weight is 342 g/mol. The molecule has 0 atom stereocenters. The zero-order valence-corrected chi connectivity index (χ0v) is 13.1. The lowest BCUT2D eigenvalue weighted by atomic mass is 9.76. The van der Waals surface area contributed by atoms with Crippen LogP contribution in [0.1, 0.15) is 24.3 Å². The number of rotatable bonds is 3. The van der Waals surface area contributed by atoms with Gasteiger partial charge in [-0.25, -0.2) is 0 Å². The highest BCUT2D eigenvalue weighted by Gasteiger charge is 2.31. The van der Waals surface area contributed by atoms with Crippen molar-refractivity contribution in [1.29, 1.82) is 0 Å². The Labute approximate surface area is 131 Å². The summed E-state index contributed by atoms with van der Waals surface area (Å²) in [5.41, 5.74) is 3.68. The van der Waals surface area contributed by atoms with E-state index in [2.05, 4.69) is 73.9 Å². The summed E-state index contributed by atoms with van der Waals surface area (Å²) in [6.45, 7) is 0. The van der Waals surface area contributed by atoms with Crippen molar-refractivity contribution in [2.45, 2.75) is 24.8 Å². The molecule has 1 saturated carbocycles. The van der Waals surface area contributed by atoms with Crippen LogP contribution in [0.3, 0.4) is 0 Å². The lowest BCUT2D eigenvalue weighted by molar-refractivity contribution is 0.373. The second-order valence-corrected chi connectivity index (χ2v) is 6.56. The summed E-state index contributed by atoms with van der Waals surface area (Å²) in [5.74, 6) is 0.661. The largest absolute Gasteiger partial charge is 0.382 e. The number of anilines is 1. The van der Waals surface area contributed by atoms with E-state index < -0.39 is 0 Å². The van der Waals surface area contributed by atoms with Crippen LogP contribution in [0.4, 0.5) is 5.69 Å². The SMILES string of the molecule is Brc1ccccc1C1CC(Nc2ccc3cn[nH]c3c2)C1. The fraction of sp³-hybridized carbons (Fsp3) is 0.235. The number of aromatic amines is 1. The van der Waals surface area contributed by atoms with Crippen molar-refractivity contribution < 1.29 is 0 Å². The highest BCUT2D eigenvalue weighted by atomic mass is 79.9. The van der Waals surface area contributed by atoms with Gasteiger partial charge in [0.2, 0.25) is 0 Å². The van der Waals surface area contributed by atoms with Gasteiger partial charge in [-0.2, -0.15) is 5.10 Å². The summed E-state index contributed by atoms with van der Waals surface area (Å²) in [4.78, 5) is 0. The molecule has 0 bridgehead atoms. The van der Waals surface area contributed by atoms with Crippen molar-refractivity contribution in [1.82, 2.24) is 10.2 Å². The van der Waals surface area contributed by atoms with Gasteiger partial charge >= 0.3 is 0 Å². The number of nitrogens with zero attached hydrogens (tertiary/aromatic N) is 1. The molecule has 0 spiro atoms. The summed E-state index contributed by atoms with van der Waals surface area (Å²) in [6, 6.07) is 15.5. The van der Waals surface area contributed by atoms with E-state index in [1.807, 2.05) is 6.20 Å². The molecule has 4 heteroatoms. The fourth-order valence-corrected chi connectivity index (χ4v) is 3.67. The molecule has 106 valence electrons. The van der Waals surface area contributed by atoms with Gasteiger partial charge in [-0.05, 0) is 48.6 Å². The van der Waals surface area contributed by atoms with Gasteiger partial charge in [0, 0.05) is 21.6 Å². The molecule has 1 fully saturated rings. The van der Waals surface area contributed by atoms with Gasteiger partial charge in [0.05, 0.1) is 11.7 Å². The zero-order valence-electron chi connectivity index (χ0n) is 11.5. The van der Waals surface area contributed by atoms with E-state index in [0.717, 1.165) is 10.9 Å². The van der Waals surface area contributed by atoms with Crippen molar-refractivity contribution in [2.75, 3.05) is 5.32 Å². The predicted molar refractivity (Wildman–Crippen MR) is 89.6 cm³/mol. The molecule has 0 saturated heterocycles. The maximum absolute atomic E-state index is 4.06. The highest BCUT2D eigenvalue weighted by Crippen LogP contribution is 2.41. The Morgan fingerprint density at radius 3 is 2.86 bits per heavy atom. The number of fused-ring (bicyclic) bond motifs is 1. The second-order valence-electron chi connectivity index (χ2n) is 5.70. The minimum atomic E-state index is 0.558. The van der Waals surface area contributed by atoms with Crippen LogP contribution in [-0.4, -0.2) is 16.2 Å². The summed E-state index contributed by atoms with van der Waals surface area (Å²) >= 11 is 3.65. The molecule has 0 amide bonds. The number of aromatic nitrogens is 2. The van der Waals surface area contributed by atoms with Gasteiger partial charge in [-0.15, -0.1) is 0 Å². The molecule has 0 radical (unpaired) electrons. The molecule has 2 aromatic carbocycles. The van der Waals surface area contributed by atoms with Crippen molar-refractivity contribution in [3.05, 3.63) is 58.7 Å². The topological polar surface area (TPSA) is 40.7 Å². The number of halogens is 1. The van der Waals surface area contributed by atoms with Crippen LogP contribution in [0.2, 0.25) is 0 Å². The number of benzene rings is 2. The summed E-state index contributed by atoms with van der Waals surface area (Å²) < 4.78 is 1.23. The van der Waals surface area contributed by atoms with Gasteiger partial charge in [0.25, 0.3) is 0 Å². The van der Waals surface area contributed by atoms with Gasteiger partial charge in [-0.1, -0.05) is 34.1 Å². The molecule has 21 heavy (non-hydrogen) atoms. The lowest BCUT2D eigenvalue weighted by Gasteiger charge is -2.37. The molecule has 0 aliphatic heterocycles. The average Bonchev–Trinajstić information content (AvgIpc) is 2.91. The first-order valence-corrected chi connectivity index (χ1v) is 8.03. The van der Waals surface area contributed by atoms with Gasteiger partial charge in [0.1, 0.15) is 0 Å². The Morgan fingerprint density at radius 1 is 1.14 bits per heavy atom. The van der Waals surface area contributed by atoms with E-state index in [9.17, 15) is 0 Å². The molecule has 1 aromatic heterocycles. The molecule has 1 heterocycles. The van der Waals surface area contributed by atoms with Gasteiger partial charge in [-0.3, -0.25) is 5.10 Å². The van der Waals surface area contributed by atoms with E-state index >= 15 is 0 Å². The van der Waals surface area contributed by atoms with E-state index in [0.29, 0.717) is 12.0 Å². The van der Waals surface area contributed by atoms with Crippen molar-refractivity contribution in [3.8, 4) is 0 Å². The predicted octanol–water partition coefficient (Wildman–Crippen LogP) is 4.68. The first-order valence-electron chi connectivity index (χ1n) is 7.24. The lowest BCUT2D eigenvalue weighted by Crippen LogP contribution is -2.34. The maximum Gasteiger partial charge on any atom is 0.0670 e. The fourth-order valence-electron chi connectivity index (χ4n) is 3.06. The smallest absolute Gasteiger partial charge is 0.0670 e. The minimum Gasteiger partial charge on any atom is -0.382 e. The Morgan fingerprint density at radius 2 is 2.00 bits per heavy atom. The number of H-pyrrole nitrogens is 1. The third-order valence-electron chi connectivity index (χ3n) is 4.30. The van der Waals surface area contributed by atoms with Gasteiger partial charge < -0.3 is 5.32 Å². The molecular formula is C17H16BrN3. The zero-order chi connectivity index (χ0) is 14.2. The number of nitrogens with one attached hydrogen (secondary N) is 2. The number of hydrogen-bond acceptors (Lipinski definition) is 2. The van der Waals surface area contributed by atoms with E-state index in [1.165, 1.54) is 28.6 Å². The van der Waals surface area contributed by atoms with Crippen LogP contribution < -0.4 is 5.32 Å². The summed E-state index contributed by atoms with van der Waals surface area (Å²) in [5, 5.41) is 11.8. The molecule has 2 N–H and O–H groups in total. The highest BCUT2D eigenvalue weighted by molar-refractivity contribution is 9.10. The summed E-state index contributed by atoms with van der Waals surface area (Å²) in [6.07, 6.45) is 4.22. The van der Waals surface area contributed by atoms with E-state index in [1.54, 1.807) is 0 Å². The first-order chi connectivity index (χ1) is 10.3. The molecule has 0 unspecified atom stereocenters. The van der Waals surface area contributed by atoms with E-state index in [-0.39, 0.29) is 0 Å². The minimum absolute atomic E-state index is 0.558. The molecule has 3 nitrogen and oxygen atoms in total. The third-order valence-corrected chi connectivity index (χ3v) is 5.02. The van der Waals surface area contributed by atoms with Crippen LogP contribution in [-0.2, 0) is 0 Å². The Balaban J connectivity index is 1.43. The summed E-state index contributed by atoms with van der Waals surface area (Å²) in [7, 11) is 0. The molecule has 4 rings (SSSR count). The quantitative estimate of drug-likeness (QED) is 0.725. The Kier molecular flexibility index (Phi) is 3.19. The van der Waals surface area contributed by atoms with Crippen LogP contribution in [0, 0.1) is 0 Å². The molecular weight excluding hydrogens is 326 g/mol. The van der Waals surface area contributed by atoms with Crippen molar-refractivity contribution in [2.24, 2.45) is 0 Å². The number of hydrogen-bond donors (Lipinski definition) is 2. The van der Waals surface area contributed by atoms with Crippen molar-refractivity contribution in [3.63, 3.8) is 0 Å².